The summed E-state index contributed by atoms with van der Waals surface area (Å²) in [5.41, 5.74) is 2.58. The summed E-state index contributed by atoms with van der Waals surface area (Å²) in [6.45, 7) is 2.19. The lowest BCUT2D eigenvalue weighted by Gasteiger charge is -2.17. The first-order chi connectivity index (χ1) is 7.36. The third-order valence-corrected chi connectivity index (χ3v) is 2.68. The number of hydrogen-bond acceptors (Lipinski definition) is 1. The Labute approximate surface area is 93.0 Å². The van der Waals surface area contributed by atoms with Gasteiger partial charge in [-0.1, -0.05) is 42.5 Å². The molecule has 0 bridgehead atoms. The standard InChI is InChI=1S/C14H17N.H2/c1-12(13-8-4-2-5-9-13)15-14-10-6-3-7-11-14;/h2,4-6,8-12,15H,3,7H2,1H3;1H. The Bertz CT molecular complexity index is 368. The molecule has 0 saturated carbocycles. The maximum atomic E-state index is 3.51. The maximum Gasteiger partial charge on any atom is 0.0485 e. The summed E-state index contributed by atoms with van der Waals surface area (Å²) in [5.74, 6) is 0. The average Bonchev–Trinajstić information content (AvgIpc) is 2.31. The lowest BCUT2D eigenvalue weighted by molar-refractivity contribution is 0.659. The van der Waals surface area contributed by atoms with Gasteiger partial charge < -0.3 is 5.32 Å². The Morgan fingerprint density at radius 1 is 1.20 bits per heavy atom. The minimum Gasteiger partial charge on any atom is -0.379 e. The zero-order valence-corrected chi connectivity index (χ0v) is 9.11. The highest BCUT2D eigenvalue weighted by molar-refractivity contribution is 5.25. The van der Waals surface area contributed by atoms with E-state index in [9.17, 15) is 0 Å². The largest absolute Gasteiger partial charge is 0.379 e. The van der Waals surface area contributed by atoms with Crippen molar-refractivity contribution in [1.29, 1.82) is 0 Å². The molecule has 1 aliphatic carbocycles. The molecule has 1 unspecified atom stereocenters. The zero-order valence-electron chi connectivity index (χ0n) is 9.11. The molecule has 1 heteroatoms. The van der Waals surface area contributed by atoms with Gasteiger partial charge >= 0.3 is 0 Å². The van der Waals surface area contributed by atoms with Gasteiger partial charge in [0.05, 0.1) is 0 Å². The molecule has 1 aromatic carbocycles. The maximum absolute atomic E-state index is 3.51. The molecule has 0 spiro atoms. The Kier molecular flexibility index (Phi) is 3.23. The van der Waals surface area contributed by atoms with Gasteiger partial charge in [-0.05, 0) is 31.4 Å². The van der Waals surface area contributed by atoms with Crippen LogP contribution in [0.5, 0.6) is 0 Å². The summed E-state index contributed by atoms with van der Waals surface area (Å²) in [5, 5.41) is 3.51. The highest BCUT2D eigenvalue weighted by Crippen LogP contribution is 2.15. The van der Waals surface area contributed by atoms with E-state index in [4.69, 9.17) is 0 Å². The molecule has 1 nitrogen and oxygen atoms in total. The Morgan fingerprint density at radius 3 is 2.67 bits per heavy atom. The van der Waals surface area contributed by atoms with Crippen molar-refractivity contribution in [3.8, 4) is 0 Å². The molecule has 0 saturated heterocycles. The number of rotatable bonds is 3. The van der Waals surface area contributed by atoms with E-state index in [0.717, 1.165) is 6.42 Å². The van der Waals surface area contributed by atoms with E-state index in [1.54, 1.807) is 0 Å². The van der Waals surface area contributed by atoms with Gasteiger partial charge in [0.25, 0.3) is 0 Å². The highest BCUT2D eigenvalue weighted by Gasteiger charge is 2.05. The smallest absolute Gasteiger partial charge is 0.0485 e. The third kappa shape index (κ3) is 2.72. The molecule has 1 aliphatic rings. The fourth-order valence-corrected chi connectivity index (χ4v) is 1.80. The second-order valence-corrected chi connectivity index (χ2v) is 3.92. The SMILES string of the molecule is CC(NC1=CCCC=C1)c1ccccc1.[HH]. The molecule has 0 aliphatic heterocycles. The van der Waals surface area contributed by atoms with Gasteiger partial charge in [0.1, 0.15) is 0 Å². The minimum absolute atomic E-state index is 0. The van der Waals surface area contributed by atoms with Gasteiger partial charge in [0.15, 0.2) is 0 Å². The van der Waals surface area contributed by atoms with E-state index < -0.39 is 0 Å². The summed E-state index contributed by atoms with van der Waals surface area (Å²) >= 11 is 0. The first kappa shape index (κ1) is 10.0. The third-order valence-electron chi connectivity index (χ3n) is 2.68. The van der Waals surface area contributed by atoms with Crippen LogP contribution in [0.15, 0.2) is 54.3 Å². The molecular formula is C14H19N. The van der Waals surface area contributed by atoms with Crippen LogP contribution in [0, 0.1) is 0 Å². The van der Waals surface area contributed by atoms with Crippen molar-refractivity contribution in [2.45, 2.75) is 25.8 Å². The molecule has 0 amide bonds. The van der Waals surface area contributed by atoms with Crippen molar-refractivity contribution < 1.29 is 1.43 Å². The van der Waals surface area contributed by atoms with Crippen molar-refractivity contribution in [3.63, 3.8) is 0 Å². The van der Waals surface area contributed by atoms with Crippen LogP contribution >= 0.6 is 0 Å². The van der Waals surface area contributed by atoms with E-state index in [-0.39, 0.29) is 1.43 Å². The number of hydrogen-bond donors (Lipinski definition) is 1. The summed E-state index contributed by atoms with van der Waals surface area (Å²) in [4.78, 5) is 0. The van der Waals surface area contributed by atoms with Gasteiger partial charge in [-0.3, -0.25) is 0 Å². The lowest BCUT2D eigenvalue weighted by atomic mass is 10.1. The highest BCUT2D eigenvalue weighted by atomic mass is 14.9. The second-order valence-electron chi connectivity index (χ2n) is 3.92. The topological polar surface area (TPSA) is 12.0 Å². The molecule has 0 aromatic heterocycles. The van der Waals surface area contributed by atoms with Crippen molar-refractivity contribution in [3.05, 3.63) is 59.8 Å². The summed E-state index contributed by atoms with van der Waals surface area (Å²) in [7, 11) is 0. The molecule has 1 N–H and O–H groups in total. The molecule has 1 aromatic rings. The van der Waals surface area contributed by atoms with E-state index in [2.05, 4.69) is 60.8 Å². The van der Waals surface area contributed by atoms with E-state index in [1.165, 1.54) is 17.7 Å². The van der Waals surface area contributed by atoms with Gasteiger partial charge in [0, 0.05) is 13.2 Å². The molecule has 80 valence electrons. The molecule has 2 rings (SSSR count). The zero-order chi connectivity index (χ0) is 10.5. The first-order valence-electron chi connectivity index (χ1n) is 5.54. The second kappa shape index (κ2) is 4.83. The van der Waals surface area contributed by atoms with E-state index in [1.807, 2.05) is 0 Å². The summed E-state index contributed by atoms with van der Waals surface area (Å²) < 4.78 is 0. The molecular weight excluding hydrogens is 182 g/mol. The Hall–Kier alpha value is -1.50. The number of nitrogens with one attached hydrogen (secondary N) is 1. The van der Waals surface area contributed by atoms with Crippen LogP contribution in [0.1, 0.15) is 32.8 Å². The van der Waals surface area contributed by atoms with Gasteiger partial charge in [-0.2, -0.15) is 0 Å². The lowest BCUT2D eigenvalue weighted by Crippen LogP contribution is -2.17. The van der Waals surface area contributed by atoms with Crippen LogP contribution in [0.3, 0.4) is 0 Å². The van der Waals surface area contributed by atoms with E-state index in [0.29, 0.717) is 6.04 Å². The van der Waals surface area contributed by atoms with Gasteiger partial charge in [-0.15, -0.1) is 0 Å². The van der Waals surface area contributed by atoms with Crippen LogP contribution in [0.4, 0.5) is 0 Å². The van der Waals surface area contributed by atoms with Crippen LogP contribution in [-0.2, 0) is 0 Å². The van der Waals surface area contributed by atoms with Crippen molar-refractivity contribution in [2.75, 3.05) is 0 Å². The summed E-state index contributed by atoms with van der Waals surface area (Å²) in [6.07, 6.45) is 8.98. The monoisotopic (exact) mass is 201 g/mol. The molecule has 0 radical (unpaired) electrons. The van der Waals surface area contributed by atoms with E-state index >= 15 is 0 Å². The van der Waals surface area contributed by atoms with Crippen molar-refractivity contribution >= 4 is 0 Å². The fourth-order valence-electron chi connectivity index (χ4n) is 1.80. The van der Waals surface area contributed by atoms with Crippen molar-refractivity contribution in [1.82, 2.24) is 5.32 Å². The normalized spacial score (nSPS) is 17.0. The quantitative estimate of drug-likeness (QED) is 0.784. The molecule has 15 heavy (non-hydrogen) atoms. The van der Waals surface area contributed by atoms with Crippen LogP contribution in [0.2, 0.25) is 0 Å². The van der Waals surface area contributed by atoms with Crippen LogP contribution in [0.25, 0.3) is 0 Å². The molecule has 0 heterocycles. The minimum atomic E-state index is 0. The Balaban J connectivity index is 0.00000128. The van der Waals surface area contributed by atoms with Crippen LogP contribution < -0.4 is 5.32 Å². The fraction of sp³-hybridized carbons (Fsp3) is 0.286. The van der Waals surface area contributed by atoms with Gasteiger partial charge in [0.2, 0.25) is 0 Å². The molecule has 0 fully saturated rings. The Morgan fingerprint density at radius 2 is 2.00 bits per heavy atom. The molecule has 1 atom stereocenters. The number of allylic oxidation sites excluding steroid dienone is 3. The van der Waals surface area contributed by atoms with Crippen LogP contribution in [-0.4, -0.2) is 0 Å². The predicted octanol–water partition coefficient (Wildman–Crippen LogP) is 3.82. The average molecular weight is 201 g/mol. The van der Waals surface area contributed by atoms with Gasteiger partial charge in [-0.25, -0.2) is 0 Å². The first-order valence-corrected chi connectivity index (χ1v) is 5.54. The predicted molar refractivity (Wildman–Crippen MR) is 66.6 cm³/mol. The number of benzene rings is 1. The summed E-state index contributed by atoms with van der Waals surface area (Å²) in [6, 6.07) is 10.9. The van der Waals surface area contributed by atoms with Crippen molar-refractivity contribution in [2.24, 2.45) is 0 Å².